The molecule has 2 amide bonds. The van der Waals surface area contributed by atoms with Crippen LogP contribution < -0.4 is 14.8 Å². The molecule has 8 heteroatoms. The van der Waals surface area contributed by atoms with E-state index >= 15 is 0 Å². The number of hydrogen-bond donors (Lipinski definition) is 1. The standard InChI is InChI=1S/C26H23NO6S/c1-31-21-9-5-8-19(15-21)22(33-25(29)18-6-3-2-4-7-18)16-32-20-12-10-17(11-13-20)14-23-24(28)27-26(30)34-23/h2-13,15,22-23H,14,16H2,1H3,(H,27,28,30). The summed E-state index contributed by atoms with van der Waals surface area (Å²) in [6.07, 6.45) is -0.212. The molecule has 0 spiro atoms. The van der Waals surface area contributed by atoms with Crippen molar-refractivity contribution in [2.24, 2.45) is 0 Å². The van der Waals surface area contributed by atoms with Gasteiger partial charge >= 0.3 is 5.97 Å². The summed E-state index contributed by atoms with van der Waals surface area (Å²) in [5, 5.41) is 1.55. The number of carbonyl (C=O) groups is 3. The van der Waals surface area contributed by atoms with Crippen molar-refractivity contribution in [2.75, 3.05) is 13.7 Å². The minimum Gasteiger partial charge on any atom is -0.497 e. The highest BCUT2D eigenvalue weighted by Gasteiger charge is 2.31. The van der Waals surface area contributed by atoms with E-state index in [1.54, 1.807) is 49.6 Å². The zero-order valence-corrected chi connectivity index (χ0v) is 19.2. The van der Waals surface area contributed by atoms with E-state index in [9.17, 15) is 14.4 Å². The molecule has 4 rings (SSSR count). The van der Waals surface area contributed by atoms with Crippen LogP contribution in [0, 0.1) is 0 Å². The lowest BCUT2D eigenvalue weighted by atomic mass is 10.1. The topological polar surface area (TPSA) is 90.9 Å². The van der Waals surface area contributed by atoms with Gasteiger partial charge in [-0.25, -0.2) is 4.79 Å². The van der Waals surface area contributed by atoms with Crippen LogP contribution in [0.4, 0.5) is 4.79 Å². The molecule has 34 heavy (non-hydrogen) atoms. The van der Waals surface area contributed by atoms with Crippen LogP contribution in [0.5, 0.6) is 11.5 Å². The molecule has 3 aromatic carbocycles. The molecular formula is C26H23NO6S. The van der Waals surface area contributed by atoms with Gasteiger partial charge in [0, 0.05) is 0 Å². The molecule has 0 aliphatic carbocycles. The number of methoxy groups -OCH3 is 1. The van der Waals surface area contributed by atoms with Crippen molar-refractivity contribution in [3.63, 3.8) is 0 Å². The second kappa shape index (κ2) is 10.9. The number of nitrogens with one attached hydrogen (secondary N) is 1. The first-order valence-electron chi connectivity index (χ1n) is 10.6. The van der Waals surface area contributed by atoms with Crippen LogP contribution in [0.1, 0.15) is 27.6 Å². The third-order valence-electron chi connectivity index (χ3n) is 5.24. The lowest BCUT2D eigenvalue weighted by Gasteiger charge is -2.20. The summed E-state index contributed by atoms with van der Waals surface area (Å²) in [5.41, 5.74) is 2.11. The number of amides is 2. The first kappa shape index (κ1) is 23.4. The van der Waals surface area contributed by atoms with Crippen molar-refractivity contribution < 1.29 is 28.6 Å². The zero-order chi connectivity index (χ0) is 23.9. The highest BCUT2D eigenvalue weighted by atomic mass is 32.2. The van der Waals surface area contributed by atoms with Crippen molar-refractivity contribution in [2.45, 2.75) is 17.8 Å². The van der Waals surface area contributed by atoms with E-state index in [0.717, 1.165) is 22.9 Å². The minimum atomic E-state index is -0.660. The minimum absolute atomic E-state index is 0.0977. The third kappa shape index (κ3) is 5.96. The molecule has 174 valence electrons. The number of hydrogen-bond acceptors (Lipinski definition) is 7. The van der Waals surface area contributed by atoms with Crippen LogP contribution in [-0.4, -0.2) is 36.1 Å². The van der Waals surface area contributed by atoms with Crippen LogP contribution in [0.2, 0.25) is 0 Å². The predicted molar refractivity (Wildman–Crippen MR) is 128 cm³/mol. The summed E-state index contributed by atoms with van der Waals surface area (Å²) in [4.78, 5) is 35.8. The molecule has 1 saturated heterocycles. The Labute approximate surface area is 201 Å². The molecule has 0 aromatic heterocycles. The molecule has 0 radical (unpaired) electrons. The van der Waals surface area contributed by atoms with Crippen molar-refractivity contribution in [3.05, 3.63) is 95.6 Å². The maximum Gasteiger partial charge on any atom is 0.338 e. The van der Waals surface area contributed by atoms with Crippen molar-refractivity contribution in [3.8, 4) is 11.5 Å². The number of esters is 1. The van der Waals surface area contributed by atoms with Gasteiger partial charge in [-0.1, -0.05) is 54.2 Å². The molecule has 1 aliphatic rings. The van der Waals surface area contributed by atoms with E-state index in [-0.39, 0.29) is 17.8 Å². The van der Waals surface area contributed by atoms with E-state index in [1.165, 1.54) is 0 Å². The lowest BCUT2D eigenvalue weighted by Crippen LogP contribution is -2.25. The van der Waals surface area contributed by atoms with E-state index in [4.69, 9.17) is 14.2 Å². The predicted octanol–water partition coefficient (Wildman–Crippen LogP) is 4.57. The normalized spacial score (nSPS) is 16.0. The average Bonchev–Trinajstić information content (AvgIpc) is 3.19. The van der Waals surface area contributed by atoms with Crippen LogP contribution in [0.25, 0.3) is 0 Å². The summed E-state index contributed by atoms with van der Waals surface area (Å²) in [6.45, 7) is 0.0977. The van der Waals surface area contributed by atoms with Gasteiger partial charge in [0.1, 0.15) is 18.1 Å². The molecule has 3 aromatic rings. The molecule has 1 fully saturated rings. The van der Waals surface area contributed by atoms with Gasteiger partial charge in [0.05, 0.1) is 17.9 Å². The quantitative estimate of drug-likeness (QED) is 0.452. The van der Waals surface area contributed by atoms with Gasteiger partial charge in [0.2, 0.25) is 5.91 Å². The summed E-state index contributed by atoms with van der Waals surface area (Å²) >= 11 is 1.00. The molecule has 2 unspecified atom stereocenters. The van der Waals surface area contributed by atoms with Crippen LogP contribution in [0.15, 0.2) is 78.9 Å². The van der Waals surface area contributed by atoms with Gasteiger partial charge in [-0.15, -0.1) is 0 Å². The van der Waals surface area contributed by atoms with E-state index < -0.39 is 17.3 Å². The monoisotopic (exact) mass is 477 g/mol. The van der Waals surface area contributed by atoms with Gasteiger partial charge in [0.15, 0.2) is 6.10 Å². The second-order valence-electron chi connectivity index (χ2n) is 7.58. The Bertz CT molecular complexity index is 1170. The fourth-order valence-corrected chi connectivity index (χ4v) is 4.31. The number of carbonyl (C=O) groups excluding carboxylic acids is 3. The van der Waals surface area contributed by atoms with E-state index in [1.807, 2.05) is 36.4 Å². The summed E-state index contributed by atoms with van der Waals surface area (Å²) in [6, 6.07) is 23.4. The maximum absolute atomic E-state index is 12.7. The number of benzene rings is 3. The van der Waals surface area contributed by atoms with Gasteiger partial charge in [-0.2, -0.15) is 0 Å². The first-order valence-corrected chi connectivity index (χ1v) is 11.5. The summed E-state index contributed by atoms with van der Waals surface area (Å²) < 4.78 is 17.0. The van der Waals surface area contributed by atoms with Crippen molar-refractivity contribution in [1.29, 1.82) is 0 Å². The van der Waals surface area contributed by atoms with Gasteiger partial charge in [0.25, 0.3) is 5.24 Å². The Morgan fingerprint density at radius 1 is 0.971 bits per heavy atom. The maximum atomic E-state index is 12.7. The Morgan fingerprint density at radius 3 is 2.41 bits per heavy atom. The fourth-order valence-electron chi connectivity index (χ4n) is 3.45. The third-order valence-corrected chi connectivity index (χ3v) is 6.22. The number of imide groups is 1. The van der Waals surface area contributed by atoms with Crippen LogP contribution in [-0.2, 0) is 16.0 Å². The largest absolute Gasteiger partial charge is 0.497 e. The molecule has 1 N–H and O–H groups in total. The number of thioether (sulfide) groups is 1. The Balaban J connectivity index is 1.44. The van der Waals surface area contributed by atoms with Crippen LogP contribution in [0.3, 0.4) is 0 Å². The molecular weight excluding hydrogens is 454 g/mol. The zero-order valence-electron chi connectivity index (χ0n) is 18.4. The smallest absolute Gasteiger partial charge is 0.338 e. The highest BCUT2D eigenvalue weighted by molar-refractivity contribution is 8.15. The SMILES string of the molecule is COc1cccc(C(COc2ccc(CC3SC(=O)NC3=O)cc2)OC(=O)c2ccccc2)c1. The Hall–Kier alpha value is -3.78. The summed E-state index contributed by atoms with van der Waals surface area (Å²) in [7, 11) is 1.58. The Morgan fingerprint density at radius 2 is 1.74 bits per heavy atom. The van der Waals surface area contributed by atoms with Gasteiger partial charge in [-0.3, -0.25) is 14.9 Å². The highest BCUT2D eigenvalue weighted by Crippen LogP contribution is 2.26. The van der Waals surface area contributed by atoms with E-state index in [2.05, 4.69) is 5.32 Å². The Kier molecular flexibility index (Phi) is 7.49. The molecule has 1 heterocycles. The van der Waals surface area contributed by atoms with E-state index in [0.29, 0.717) is 23.5 Å². The number of rotatable bonds is 9. The van der Waals surface area contributed by atoms with Gasteiger partial charge < -0.3 is 14.2 Å². The second-order valence-corrected chi connectivity index (χ2v) is 8.75. The molecule has 1 aliphatic heterocycles. The summed E-state index contributed by atoms with van der Waals surface area (Å²) in [5.74, 6) is 0.521. The molecule has 2 atom stereocenters. The molecule has 0 bridgehead atoms. The average molecular weight is 478 g/mol. The lowest BCUT2D eigenvalue weighted by molar-refractivity contribution is -0.118. The van der Waals surface area contributed by atoms with Crippen LogP contribution >= 0.6 is 11.8 Å². The number of ether oxygens (including phenoxy) is 3. The van der Waals surface area contributed by atoms with Gasteiger partial charge in [-0.05, 0) is 53.9 Å². The molecule has 0 saturated carbocycles. The van der Waals surface area contributed by atoms with Crippen molar-refractivity contribution >= 4 is 28.9 Å². The van der Waals surface area contributed by atoms with Crippen molar-refractivity contribution in [1.82, 2.24) is 5.32 Å². The fraction of sp³-hybridized carbons (Fsp3) is 0.192. The molecule has 7 nitrogen and oxygen atoms in total. The first-order chi connectivity index (χ1) is 16.5.